The number of nitrogens with zero attached hydrogens (tertiary/aromatic N) is 3. The molecule has 2 rings (SSSR count). The number of rotatable bonds is 4. The SMILES string of the molecule is CC(C)CNC(=O)[C@@H]1CCCN(c2ncccn2)C1. The highest BCUT2D eigenvalue weighted by Gasteiger charge is 2.26. The van der Waals surface area contributed by atoms with Crippen molar-refractivity contribution in [1.82, 2.24) is 15.3 Å². The van der Waals surface area contributed by atoms with E-state index in [2.05, 4.69) is 34.0 Å². The van der Waals surface area contributed by atoms with Crippen molar-refractivity contribution in [3.63, 3.8) is 0 Å². The van der Waals surface area contributed by atoms with Crippen LogP contribution >= 0.6 is 0 Å². The van der Waals surface area contributed by atoms with Crippen LogP contribution in [0.3, 0.4) is 0 Å². The van der Waals surface area contributed by atoms with E-state index in [0.29, 0.717) is 12.5 Å². The van der Waals surface area contributed by atoms with E-state index in [4.69, 9.17) is 0 Å². The Labute approximate surface area is 114 Å². The minimum Gasteiger partial charge on any atom is -0.356 e. The highest BCUT2D eigenvalue weighted by molar-refractivity contribution is 5.79. The van der Waals surface area contributed by atoms with Gasteiger partial charge in [0.1, 0.15) is 0 Å². The number of carbonyl (C=O) groups is 1. The van der Waals surface area contributed by atoms with Crippen LogP contribution in [0.25, 0.3) is 0 Å². The lowest BCUT2D eigenvalue weighted by atomic mass is 9.97. The van der Waals surface area contributed by atoms with Crippen molar-refractivity contribution in [3.8, 4) is 0 Å². The molecule has 1 atom stereocenters. The molecular formula is C14H22N4O. The molecule has 1 N–H and O–H groups in total. The van der Waals surface area contributed by atoms with Gasteiger partial charge < -0.3 is 10.2 Å². The normalized spacial score (nSPS) is 19.5. The first-order valence-electron chi connectivity index (χ1n) is 6.96. The molecule has 0 spiro atoms. The van der Waals surface area contributed by atoms with Gasteiger partial charge in [0, 0.05) is 32.0 Å². The van der Waals surface area contributed by atoms with Gasteiger partial charge in [-0.1, -0.05) is 13.8 Å². The molecule has 5 heteroatoms. The molecular weight excluding hydrogens is 240 g/mol. The highest BCUT2D eigenvalue weighted by Crippen LogP contribution is 2.20. The maximum atomic E-state index is 12.1. The van der Waals surface area contributed by atoms with Crippen molar-refractivity contribution in [2.24, 2.45) is 11.8 Å². The molecule has 1 aliphatic rings. The summed E-state index contributed by atoms with van der Waals surface area (Å²) in [5.74, 6) is 1.43. The van der Waals surface area contributed by atoms with Gasteiger partial charge in [0.25, 0.3) is 0 Å². The lowest BCUT2D eigenvalue weighted by molar-refractivity contribution is -0.125. The molecule has 5 nitrogen and oxygen atoms in total. The Morgan fingerprint density at radius 2 is 2.21 bits per heavy atom. The lowest BCUT2D eigenvalue weighted by Crippen LogP contribution is -2.44. The molecule has 1 fully saturated rings. The number of piperidine rings is 1. The number of carbonyl (C=O) groups excluding carboxylic acids is 1. The summed E-state index contributed by atoms with van der Waals surface area (Å²) < 4.78 is 0. The van der Waals surface area contributed by atoms with Gasteiger partial charge in [-0.25, -0.2) is 9.97 Å². The minimum absolute atomic E-state index is 0.0521. The van der Waals surface area contributed by atoms with E-state index in [1.54, 1.807) is 18.5 Å². The van der Waals surface area contributed by atoms with Crippen LogP contribution in [0.5, 0.6) is 0 Å². The Hall–Kier alpha value is -1.65. The Morgan fingerprint density at radius 1 is 1.47 bits per heavy atom. The Balaban J connectivity index is 1.92. The molecule has 0 radical (unpaired) electrons. The zero-order valence-corrected chi connectivity index (χ0v) is 11.7. The largest absolute Gasteiger partial charge is 0.356 e. The fourth-order valence-corrected chi connectivity index (χ4v) is 2.28. The van der Waals surface area contributed by atoms with E-state index >= 15 is 0 Å². The number of nitrogens with one attached hydrogen (secondary N) is 1. The fourth-order valence-electron chi connectivity index (χ4n) is 2.28. The molecule has 1 aromatic heterocycles. The maximum absolute atomic E-state index is 12.1. The summed E-state index contributed by atoms with van der Waals surface area (Å²) in [5, 5.41) is 3.02. The van der Waals surface area contributed by atoms with Crippen molar-refractivity contribution in [2.75, 3.05) is 24.5 Å². The Bertz CT molecular complexity index is 407. The van der Waals surface area contributed by atoms with Gasteiger partial charge in [0.2, 0.25) is 11.9 Å². The molecule has 19 heavy (non-hydrogen) atoms. The second kappa shape index (κ2) is 6.50. The molecule has 104 valence electrons. The van der Waals surface area contributed by atoms with E-state index in [1.807, 2.05) is 0 Å². The second-order valence-electron chi connectivity index (χ2n) is 5.47. The van der Waals surface area contributed by atoms with Gasteiger partial charge in [-0.15, -0.1) is 0 Å². The van der Waals surface area contributed by atoms with Crippen LogP contribution in [-0.4, -0.2) is 35.5 Å². The standard InChI is InChI=1S/C14H22N4O/c1-11(2)9-17-13(19)12-5-3-8-18(10-12)14-15-6-4-7-16-14/h4,6-7,11-12H,3,5,8-10H2,1-2H3,(H,17,19)/t12-/m1/s1. The molecule has 0 aliphatic carbocycles. The summed E-state index contributed by atoms with van der Waals surface area (Å²) in [5.41, 5.74) is 0. The van der Waals surface area contributed by atoms with E-state index in [-0.39, 0.29) is 11.8 Å². The number of amides is 1. The quantitative estimate of drug-likeness (QED) is 0.892. The first-order valence-corrected chi connectivity index (χ1v) is 6.96. The zero-order chi connectivity index (χ0) is 13.7. The summed E-state index contributed by atoms with van der Waals surface area (Å²) in [6, 6.07) is 1.81. The first kappa shape index (κ1) is 13.8. The second-order valence-corrected chi connectivity index (χ2v) is 5.47. The van der Waals surface area contributed by atoms with Gasteiger partial charge in [-0.2, -0.15) is 0 Å². The molecule has 0 aromatic carbocycles. The van der Waals surface area contributed by atoms with Crippen LogP contribution in [0.2, 0.25) is 0 Å². The average molecular weight is 262 g/mol. The van der Waals surface area contributed by atoms with Crippen molar-refractivity contribution in [3.05, 3.63) is 18.5 Å². The molecule has 1 aliphatic heterocycles. The third-order valence-corrected chi connectivity index (χ3v) is 3.31. The van der Waals surface area contributed by atoms with Crippen LogP contribution in [-0.2, 0) is 4.79 Å². The van der Waals surface area contributed by atoms with Crippen molar-refractivity contribution >= 4 is 11.9 Å². The monoisotopic (exact) mass is 262 g/mol. The van der Waals surface area contributed by atoms with Crippen LogP contribution < -0.4 is 10.2 Å². The smallest absolute Gasteiger partial charge is 0.225 e. The number of anilines is 1. The molecule has 1 amide bonds. The van der Waals surface area contributed by atoms with E-state index in [0.717, 1.165) is 31.9 Å². The third kappa shape index (κ3) is 3.91. The summed E-state index contributed by atoms with van der Waals surface area (Å²) in [6.45, 7) is 6.60. The van der Waals surface area contributed by atoms with E-state index in [1.165, 1.54) is 0 Å². The predicted molar refractivity (Wildman–Crippen MR) is 74.8 cm³/mol. The molecule has 2 heterocycles. The van der Waals surface area contributed by atoms with Crippen molar-refractivity contribution in [2.45, 2.75) is 26.7 Å². The fraction of sp³-hybridized carbons (Fsp3) is 0.643. The number of hydrogen-bond acceptors (Lipinski definition) is 4. The molecule has 1 aromatic rings. The van der Waals surface area contributed by atoms with Crippen molar-refractivity contribution < 1.29 is 4.79 Å². The number of aromatic nitrogens is 2. The van der Waals surface area contributed by atoms with Crippen LogP contribution in [0.4, 0.5) is 5.95 Å². The van der Waals surface area contributed by atoms with E-state index < -0.39 is 0 Å². The van der Waals surface area contributed by atoms with E-state index in [9.17, 15) is 4.79 Å². The van der Waals surface area contributed by atoms with Gasteiger partial charge in [-0.05, 0) is 24.8 Å². The minimum atomic E-state index is 0.0521. The average Bonchev–Trinajstić information content (AvgIpc) is 2.46. The van der Waals surface area contributed by atoms with Gasteiger partial charge >= 0.3 is 0 Å². The molecule has 1 saturated heterocycles. The van der Waals surface area contributed by atoms with Crippen molar-refractivity contribution in [1.29, 1.82) is 0 Å². The maximum Gasteiger partial charge on any atom is 0.225 e. The summed E-state index contributed by atoms with van der Waals surface area (Å²) >= 11 is 0. The zero-order valence-electron chi connectivity index (χ0n) is 11.7. The third-order valence-electron chi connectivity index (χ3n) is 3.31. The van der Waals surface area contributed by atoms with Crippen LogP contribution in [0.15, 0.2) is 18.5 Å². The summed E-state index contributed by atoms with van der Waals surface area (Å²) in [7, 11) is 0. The Morgan fingerprint density at radius 3 is 2.89 bits per heavy atom. The van der Waals surface area contributed by atoms with Gasteiger partial charge in [0.05, 0.1) is 5.92 Å². The summed E-state index contributed by atoms with van der Waals surface area (Å²) in [4.78, 5) is 22.7. The highest BCUT2D eigenvalue weighted by atomic mass is 16.1. The predicted octanol–water partition coefficient (Wildman–Crippen LogP) is 1.47. The molecule has 0 bridgehead atoms. The van der Waals surface area contributed by atoms with Crippen LogP contribution in [0, 0.1) is 11.8 Å². The lowest BCUT2D eigenvalue weighted by Gasteiger charge is -2.32. The van der Waals surface area contributed by atoms with Gasteiger partial charge in [-0.3, -0.25) is 4.79 Å². The summed E-state index contributed by atoms with van der Waals surface area (Å²) in [6.07, 6.45) is 5.45. The van der Waals surface area contributed by atoms with Crippen LogP contribution in [0.1, 0.15) is 26.7 Å². The first-order chi connectivity index (χ1) is 9.16. The van der Waals surface area contributed by atoms with Gasteiger partial charge in [0.15, 0.2) is 0 Å². The molecule has 0 unspecified atom stereocenters. The Kier molecular flexibility index (Phi) is 4.71. The number of hydrogen-bond donors (Lipinski definition) is 1. The topological polar surface area (TPSA) is 58.1 Å². The molecule has 0 saturated carbocycles.